The molecule has 1 fully saturated rings. The fourth-order valence-corrected chi connectivity index (χ4v) is 5.67. The third kappa shape index (κ3) is 5.15. The summed E-state index contributed by atoms with van der Waals surface area (Å²) in [4.78, 5) is 30.8. The van der Waals surface area contributed by atoms with Gasteiger partial charge in [0.2, 0.25) is 0 Å². The summed E-state index contributed by atoms with van der Waals surface area (Å²) >= 11 is 6.49. The Balaban J connectivity index is 1.57. The third-order valence-corrected chi connectivity index (χ3v) is 7.75. The van der Waals surface area contributed by atoms with Gasteiger partial charge in [0.1, 0.15) is 6.67 Å². The van der Waals surface area contributed by atoms with Crippen molar-refractivity contribution in [3.05, 3.63) is 68.1 Å². The van der Waals surface area contributed by atoms with Gasteiger partial charge in [-0.2, -0.15) is 0 Å². The van der Waals surface area contributed by atoms with Crippen LogP contribution in [0.1, 0.15) is 59.7 Å². The number of alkyl halides is 1. The molecular weight excluding hydrogens is 481 g/mol. The van der Waals surface area contributed by atoms with Gasteiger partial charge in [-0.25, -0.2) is 8.91 Å². The quantitative estimate of drug-likeness (QED) is 0.456. The highest BCUT2D eigenvalue weighted by molar-refractivity contribution is 6.31. The number of hydrogen-bond acceptors (Lipinski definition) is 4. The predicted octanol–water partition coefficient (Wildman–Crippen LogP) is 4.69. The summed E-state index contributed by atoms with van der Waals surface area (Å²) in [5.74, 6) is -0.343. The molecular formula is C27H35ClFN5O2. The Morgan fingerprint density at radius 1 is 1.19 bits per heavy atom. The van der Waals surface area contributed by atoms with E-state index in [0.717, 1.165) is 43.5 Å². The van der Waals surface area contributed by atoms with E-state index in [2.05, 4.69) is 41.2 Å². The molecule has 2 N–H and O–H groups in total. The van der Waals surface area contributed by atoms with Crippen molar-refractivity contribution in [2.75, 3.05) is 25.5 Å². The van der Waals surface area contributed by atoms with Gasteiger partial charge < -0.3 is 15.1 Å². The minimum absolute atomic E-state index is 0.0772. The Morgan fingerprint density at radius 3 is 2.53 bits per heavy atom. The Kier molecular flexibility index (Phi) is 8.05. The number of aromatic nitrogens is 2. The minimum atomic E-state index is -0.788. The molecule has 1 saturated carbocycles. The van der Waals surface area contributed by atoms with E-state index < -0.39 is 6.67 Å². The second-order valence-corrected chi connectivity index (χ2v) is 10.2. The van der Waals surface area contributed by atoms with Crippen molar-refractivity contribution in [2.24, 2.45) is 0 Å². The summed E-state index contributed by atoms with van der Waals surface area (Å²) in [6.45, 7) is 4.00. The first-order valence-electron chi connectivity index (χ1n) is 12.5. The van der Waals surface area contributed by atoms with E-state index >= 15 is 0 Å². The molecule has 0 radical (unpaired) electrons. The van der Waals surface area contributed by atoms with E-state index in [1.165, 1.54) is 4.52 Å². The van der Waals surface area contributed by atoms with Gasteiger partial charge in [-0.15, -0.1) is 0 Å². The lowest BCUT2D eigenvalue weighted by molar-refractivity contribution is 0.0950. The van der Waals surface area contributed by atoms with E-state index in [0.29, 0.717) is 28.2 Å². The van der Waals surface area contributed by atoms with Crippen LogP contribution in [0.15, 0.2) is 35.3 Å². The Morgan fingerprint density at radius 2 is 1.89 bits per heavy atom. The second kappa shape index (κ2) is 11.0. The number of benzene rings is 1. The van der Waals surface area contributed by atoms with Crippen LogP contribution in [-0.2, 0) is 13.2 Å². The third-order valence-electron chi connectivity index (χ3n) is 7.53. The molecule has 1 aliphatic rings. The van der Waals surface area contributed by atoms with E-state index in [9.17, 15) is 14.0 Å². The molecule has 0 aliphatic heterocycles. The molecule has 1 amide bonds. The zero-order valence-electron chi connectivity index (χ0n) is 21.4. The van der Waals surface area contributed by atoms with Crippen molar-refractivity contribution in [1.29, 1.82) is 0 Å². The van der Waals surface area contributed by atoms with E-state index in [1.54, 1.807) is 24.4 Å². The number of nitrogens with zero attached hydrogens (tertiary/aromatic N) is 3. The van der Waals surface area contributed by atoms with Crippen molar-refractivity contribution < 1.29 is 9.18 Å². The first kappa shape index (κ1) is 26.2. The van der Waals surface area contributed by atoms with Crippen LogP contribution >= 0.6 is 11.6 Å². The van der Waals surface area contributed by atoms with Crippen LogP contribution < -0.4 is 15.8 Å². The van der Waals surface area contributed by atoms with Gasteiger partial charge in [-0.3, -0.25) is 14.7 Å². The number of nitrogens with one attached hydrogen (secondary N) is 2. The van der Waals surface area contributed by atoms with Gasteiger partial charge >= 0.3 is 0 Å². The lowest BCUT2D eigenvalue weighted by Crippen LogP contribution is -2.42. The monoisotopic (exact) mass is 515 g/mol. The molecule has 3 aromatic rings. The minimum Gasteiger partial charge on any atom is -0.369 e. The standard InChI is InChI=1S/C27H35ClFN5O2/c1-5-33(21-8-6-20(7-9-21)32(3)4)25-14-19(28)13-23(17(25)2)26(35)30-16-24-18(15-29)12-22-10-11-31-34(22)27(24)36/h10-14,20-21,31H,5-9,15-16H2,1-4H3,(H,30,35). The fraction of sp³-hybridized carbons (Fsp3) is 0.481. The van der Waals surface area contributed by atoms with Gasteiger partial charge in [0.15, 0.2) is 0 Å². The van der Waals surface area contributed by atoms with Crippen LogP contribution in [0.4, 0.5) is 10.1 Å². The summed E-state index contributed by atoms with van der Waals surface area (Å²) in [6.07, 6.45) is 6.06. The zero-order valence-corrected chi connectivity index (χ0v) is 22.2. The maximum atomic E-state index is 13.7. The summed E-state index contributed by atoms with van der Waals surface area (Å²) in [5.41, 5.74) is 2.96. The van der Waals surface area contributed by atoms with Gasteiger partial charge in [0, 0.05) is 53.2 Å². The average Bonchev–Trinajstić information content (AvgIpc) is 3.34. The number of anilines is 1. The molecule has 7 nitrogen and oxygen atoms in total. The van der Waals surface area contributed by atoms with E-state index in [-0.39, 0.29) is 29.1 Å². The van der Waals surface area contributed by atoms with Gasteiger partial charge in [0.25, 0.3) is 11.5 Å². The van der Waals surface area contributed by atoms with Gasteiger partial charge in [-0.05, 0) is 89.0 Å². The molecule has 36 heavy (non-hydrogen) atoms. The lowest BCUT2D eigenvalue weighted by Gasteiger charge is -2.40. The molecule has 1 aromatic carbocycles. The molecule has 1 aliphatic carbocycles. The smallest absolute Gasteiger partial charge is 0.275 e. The van der Waals surface area contributed by atoms with Crippen LogP contribution in [0.5, 0.6) is 0 Å². The molecule has 4 rings (SSSR count). The summed E-state index contributed by atoms with van der Waals surface area (Å²) in [5, 5.41) is 6.13. The second-order valence-electron chi connectivity index (χ2n) is 9.80. The van der Waals surface area contributed by atoms with Crippen LogP contribution in [0, 0.1) is 6.92 Å². The summed E-state index contributed by atoms with van der Waals surface area (Å²) in [7, 11) is 4.27. The summed E-state index contributed by atoms with van der Waals surface area (Å²) < 4.78 is 15.0. The van der Waals surface area contributed by atoms with Crippen LogP contribution in [0.25, 0.3) is 5.52 Å². The normalized spacial score (nSPS) is 18.1. The maximum absolute atomic E-state index is 13.7. The number of carbonyl (C=O) groups excluding carboxylic acids is 1. The molecule has 2 aromatic heterocycles. The lowest BCUT2D eigenvalue weighted by atomic mass is 9.89. The highest BCUT2D eigenvalue weighted by Gasteiger charge is 2.28. The first-order chi connectivity index (χ1) is 17.2. The van der Waals surface area contributed by atoms with Crippen LogP contribution in [0.3, 0.4) is 0 Å². The Labute approximate surface area is 216 Å². The van der Waals surface area contributed by atoms with Crippen molar-refractivity contribution in [3.63, 3.8) is 0 Å². The van der Waals surface area contributed by atoms with E-state index in [1.807, 2.05) is 13.0 Å². The molecule has 9 heteroatoms. The average molecular weight is 516 g/mol. The van der Waals surface area contributed by atoms with Crippen LogP contribution in [-0.4, -0.2) is 53.1 Å². The Bertz CT molecular complexity index is 1290. The number of rotatable bonds is 8. The number of fused-ring (bicyclic) bond motifs is 1. The maximum Gasteiger partial charge on any atom is 0.275 e. The highest BCUT2D eigenvalue weighted by Crippen LogP contribution is 2.34. The molecule has 194 valence electrons. The number of hydrogen-bond donors (Lipinski definition) is 2. The zero-order chi connectivity index (χ0) is 26.0. The van der Waals surface area contributed by atoms with E-state index in [4.69, 9.17) is 11.6 Å². The largest absolute Gasteiger partial charge is 0.369 e. The fourth-order valence-electron chi connectivity index (χ4n) is 5.46. The van der Waals surface area contributed by atoms with Crippen LogP contribution in [0.2, 0.25) is 5.02 Å². The van der Waals surface area contributed by atoms with Gasteiger partial charge in [-0.1, -0.05) is 11.6 Å². The van der Waals surface area contributed by atoms with Crippen molar-refractivity contribution in [2.45, 2.75) is 64.8 Å². The molecule has 2 heterocycles. The number of carbonyl (C=O) groups is 1. The molecule has 0 spiro atoms. The van der Waals surface area contributed by atoms with Gasteiger partial charge in [0.05, 0.1) is 5.52 Å². The van der Waals surface area contributed by atoms with Crippen molar-refractivity contribution >= 4 is 28.7 Å². The molecule has 0 bridgehead atoms. The van der Waals surface area contributed by atoms with Crippen molar-refractivity contribution in [1.82, 2.24) is 19.8 Å². The topological polar surface area (TPSA) is 72.9 Å². The number of halogens is 2. The highest BCUT2D eigenvalue weighted by atomic mass is 35.5. The molecule has 0 atom stereocenters. The number of pyridine rings is 1. The first-order valence-corrected chi connectivity index (χ1v) is 12.9. The number of H-pyrrole nitrogens is 1. The van der Waals surface area contributed by atoms with Crippen molar-refractivity contribution in [3.8, 4) is 0 Å². The number of aromatic amines is 1. The molecule has 0 saturated heterocycles. The Hall–Kier alpha value is -2.84. The molecule has 0 unspecified atom stereocenters. The SMILES string of the molecule is CCN(c1cc(Cl)cc(C(=O)NCc2c(CF)cc3cc[nH]n3c2=O)c1C)C1CCC(N(C)C)CC1. The predicted molar refractivity (Wildman–Crippen MR) is 143 cm³/mol. The summed E-state index contributed by atoms with van der Waals surface area (Å²) in [6, 6.07) is 7.90. The number of amides is 1.